The maximum Gasteiger partial charge on any atom is 0.255 e. The summed E-state index contributed by atoms with van der Waals surface area (Å²) in [5, 5.41) is 5.10. The molecule has 7 heteroatoms. The van der Waals surface area contributed by atoms with Gasteiger partial charge in [-0.15, -0.1) is 11.3 Å². The fourth-order valence-corrected chi connectivity index (χ4v) is 3.81. The largest absolute Gasteiger partial charge is 0.493 e. The van der Waals surface area contributed by atoms with E-state index in [1.54, 1.807) is 29.5 Å². The van der Waals surface area contributed by atoms with Crippen LogP contribution in [0.3, 0.4) is 0 Å². The number of amides is 2. The van der Waals surface area contributed by atoms with Crippen molar-refractivity contribution < 1.29 is 19.1 Å². The van der Waals surface area contributed by atoms with Crippen LogP contribution in [0.25, 0.3) is 0 Å². The molecule has 30 heavy (non-hydrogen) atoms. The molecule has 0 bridgehead atoms. The van der Waals surface area contributed by atoms with Crippen LogP contribution >= 0.6 is 11.3 Å². The zero-order valence-electron chi connectivity index (χ0n) is 16.9. The third-order valence-electron chi connectivity index (χ3n) is 4.62. The van der Waals surface area contributed by atoms with E-state index in [2.05, 4.69) is 24.4 Å². The average molecular weight is 425 g/mol. The second kappa shape index (κ2) is 9.93. The molecule has 3 N–H and O–H groups in total. The van der Waals surface area contributed by atoms with Crippen LogP contribution in [-0.2, 0) is 11.2 Å². The predicted octanol–water partition coefficient (Wildman–Crippen LogP) is 3.70. The van der Waals surface area contributed by atoms with Crippen molar-refractivity contribution in [2.24, 2.45) is 5.73 Å². The number of thiophene rings is 1. The van der Waals surface area contributed by atoms with Crippen LogP contribution in [0.2, 0.25) is 0 Å². The third-order valence-corrected chi connectivity index (χ3v) is 5.56. The van der Waals surface area contributed by atoms with Crippen molar-refractivity contribution in [3.63, 3.8) is 0 Å². The number of carbonyl (C=O) groups is 2. The summed E-state index contributed by atoms with van der Waals surface area (Å²) in [7, 11) is 1.47. The Kier molecular flexibility index (Phi) is 7.08. The highest BCUT2D eigenvalue weighted by Crippen LogP contribution is 2.30. The standard InChI is InChI=1S/C23H24N2O4S/c1-3-15-6-8-16(9-7-15)22(20-5-4-12-30-20)25-23(27)17-10-11-18(19(13-17)28-2)29-14-21(24)26/h4-13,22H,3,14H2,1-2H3,(H2,24,26)(H,25,27). The van der Waals surface area contributed by atoms with Crippen molar-refractivity contribution in [1.82, 2.24) is 5.32 Å². The SMILES string of the molecule is CCc1ccc(C(NC(=O)c2ccc(OCC(N)=O)c(OC)c2)c2cccs2)cc1. The smallest absolute Gasteiger partial charge is 0.255 e. The zero-order valence-corrected chi connectivity index (χ0v) is 17.7. The highest BCUT2D eigenvalue weighted by Gasteiger charge is 2.20. The number of nitrogens with two attached hydrogens (primary N) is 1. The summed E-state index contributed by atoms with van der Waals surface area (Å²) in [6.45, 7) is 1.84. The molecule has 3 rings (SSSR count). The number of methoxy groups -OCH3 is 1. The van der Waals surface area contributed by atoms with Crippen molar-refractivity contribution in [2.75, 3.05) is 13.7 Å². The summed E-state index contributed by atoms with van der Waals surface area (Å²) in [5.74, 6) is -0.138. The Balaban J connectivity index is 1.84. The number of rotatable bonds is 9. The van der Waals surface area contributed by atoms with Crippen LogP contribution in [0.4, 0.5) is 0 Å². The molecule has 0 aliphatic carbocycles. The quantitative estimate of drug-likeness (QED) is 0.548. The summed E-state index contributed by atoms with van der Waals surface area (Å²) in [5.41, 5.74) is 7.79. The van der Waals surface area contributed by atoms with E-state index in [0.29, 0.717) is 17.1 Å². The minimum Gasteiger partial charge on any atom is -0.493 e. The summed E-state index contributed by atoms with van der Waals surface area (Å²) >= 11 is 1.59. The van der Waals surface area contributed by atoms with E-state index in [1.807, 2.05) is 29.6 Å². The molecule has 1 unspecified atom stereocenters. The Morgan fingerprint density at radius 2 is 1.87 bits per heavy atom. The van der Waals surface area contributed by atoms with Crippen LogP contribution in [0, 0.1) is 0 Å². The number of hydrogen-bond donors (Lipinski definition) is 2. The van der Waals surface area contributed by atoms with Crippen molar-refractivity contribution in [1.29, 1.82) is 0 Å². The highest BCUT2D eigenvalue weighted by atomic mass is 32.1. The number of carbonyl (C=O) groups excluding carboxylic acids is 2. The van der Waals surface area contributed by atoms with Crippen LogP contribution in [0.1, 0.15) is 39.3 Å². The number of benzene rings is 2. The second-order valence-electron chi connectivity index (χ2n) is 6.64. The molecule has 156 valence electrons. The molecular weight excluding hydrogens is 400 g/mol. The molecule has 0 aliphatic rings. The molecule has 1 atom stereocenters. The highest BCUT2D eigenvalue weighted by molar-refractivity contribution is 7.10. The summed E-state index contributed by atoms with van der Waals surface area (Å²) in [4.78, 5) is 25.0. The molecule has 0 aliphatic heterocycles. The minimum atomic E-state index is -0.591. The van der Waals surface area contributed by atoms with Crippen LogP contribution in [0.15, 0.2) is 60.0 Å². The lowest BCUT2D eigenvalue weighted by atomic mass is 10.0. The molecule has 2 aromatic carbocycles. The fourth-order valence-electron chi connectivity index (χ4n) is 3.01. The molecule has 0 radical (unpaired) electrons. The Bertz CT molecular complexity index is 1000. The van der Waals surface area contributed by atoms with Gasteiger partial charge < -0.3 is 20.5 Å². The van der Waals surface area contributed by atoms with Gasteiger partial charge in [-0.2, -0.15) is 0 Å². The van der Waals surface area contributed by atoms with Gasteiger partial charge in [-0.3, -0.25) is 9.59 Å². The van der Waals surface area contributed by atoms with E-state index in [9.17, 15) is 9.59 Å². The normalized spacial score (nSPS) is 11.5. The van der Waals surface area contributed by atoms with E-state index in [-0.39, 0.29) is 18.6 Å². The first-order valence-electron chi connectivity index (χ1n) is 9.54. The van der Waals surface area contributed by atoms with Gasteiger partial charge in [0.2, 0.25) is 0 Å². The van der Waals surface area contributed by atoms with E-state index in [4.69, 9.17) is 15.2 Å². The summed E-state index contributed by atoms with van der Waals surface area (Å²) in [6, 6.07) is 16.8. The van der Waals surface area contributed by atoms with Gasteiger partial charge in [-0.05, 0) is 47.2 Å². The average Bonchev–Trinajstić information content (AvgIpc) is 3.30. The first-order chi connectivity index (χ1) is 14.5. The number of nitrogens with one attached hydrogen (secondary N) is 1. The van der Waals surface area contributed by atoms with Crippen LogP contribution in [0.5, 0.6) is 11.5 Å². The monoisotopic (exact) mass is 424 g/mol. The topological polar surface area (TPSA) is 90.6 Å². The lowest BCUT2D eigenvalue weighted by Crippen LogP contribution is -2.29. The number of primary amides is 1. The molecule has 6 nitrogen and oxygen atoms in total. The molecule has 2 amide bonds. The van der Waals surface area contributed by atoms with E-state index in [0.717, 1.165) is 16.9 Å². The summed E-state index contributed by atoms with van der Waals surface area (Å²) in [6.07, 6.45) is 0.959. The lowest BCUT2D eigenvalue weighted by molar-refractivity contribution is -0.119. The van der Waals surface area contributed by atoms with Gasteiger partial charge in [0.1, 0.15) is 0 Å². The fraction of sp³-hybridized carbons (Fsp3) is 0.217. The molecule has 3 aromatic rings. The Morgan fingerprint density at radius 3 is 2.47 bits per heavy atom. The minimum absolute atomic E-state index is 0.243. The van der Waals surface area contributed by atoms with Gasteiger partial charge in [-0.25, -0.2) is 0 Å². The first-order valence-corrected chi connectivity index (χ1v) is 10.4. The number of ether oxygens (including phenoxy) is 2. The van der Waals surface area contributed by atoms with Crippen molar-refractivity contribution in [2.45, 2.75) is 19.4 Å². The molecule has 0 saturated carbocycles. The van der Waals surface area contributed by atoms with Gasteiger partial charge in [0.05, 0.1) is 13.2 Å². The van der Waals surface area contributed by atoms with E-state index < -0.39 is 5.91 Å². The summed E-state index contributed by atoms with van der Waals surface area (Å²) < 4.78 is 10.6. The lowest BCUT2D eigenvalue weighted by Gasteiger charge is -2.19. The Morgan fingerprint density at radius 1 is 1.10 bits per heavy atom. The Hall–Kier alpha value is -3.32. The zero-order chi connectivity index (χ0) is 21.5. The van der Waals surface area contributed by atoms with Gasteiger partial charge in [0.25, 0.3) is 11.8 Å². The van der Waals surface area contributed by atoms with Crippen molar-refractivity contribution >= 4 is 23.2 Å². The maximum absolute atomic E-state index is 13.0. The second-order valence-corrected chi connectivity index (χ2v) is 7.62. The van der Waals surface area contributed by atoms with Crippen molar-refractivity contribution in [3.8, 4) is 11.5 Å². The van der Waals surface area contributed by atoms with E-state index in [1.165, 1.54) is 12.7 Å². The molecule has 0 saturated heterocycles. The molecular formula is C23H24N2O4S. The molecule has 0 fully saturated rings. The number of hydrogen-bond acceptors (Lipinski definition) is 5. The molecule has 1 aromatic heterocycles. The van der Waals surface area contributed by atoms with Crippen LogP contribution < -0.4 is 20.5 Å². The predicted molar refractivity (Wildman–Crippen MR) is 117 cm³/mol. The number of aryl methyl sites for hydroxylation is 1. The third kappa shape index (κ3) is 5.18. The maximum atomic E-state index is 13.0. The van der Waals surface area contributed by atoms with Gasteiger partial charge in [-0.1, -0.05) is 37.3 Å². The van der Waals surface area contributed by atoms with Crippen LogP contribution in [-0.4, -0.2) is 25.5 Å². The first kappa shape index (κ1) is 21.4. The molecule has 0 spiro atoms. The molecule has 1 heterocycles. The van der Waals surface area contributed by atoms with Gasteiger partial charge >= 0.3 is 0 Å². The van der Waals surface area contributed by atoms with E-state index >= 15 is 0 Å². The Labute approximate surface area is 179 Å². The van der Waals surface area contributed by atoms with Gasteiger partial charge in [0.15, 0.2) is 18.1 Å². The van der Waals surface area contributed by atoms with Crippen molar-refractivity contribution in [3.05, 3.63) is 81.5 Å². The van der Waals surface area contributed by atoms with Gasteiger partial charge in [0, 0.05) is 10.4 Å².